The largest absolute Gasteiger partial charge is 0.355 e. The molecule has 3 N–H and O–H groups in total. The number of rotatable bonds is 3. The standard InChI is InChI=1S/C7H14N2O/c1-5-2-6(5)4-9-7(10)3-8/h5-6H,2-4,8H2,1H3,(H,9,10). The Balaban J connectivity index is 2.00. The Labute approximate surface area is 61.0 Å². The van der Waals surface area contributed by atoms with E-state index < -0.39 is 0 Å². The molecule has 0 radical (unpaired) electrons. The number of carbonyl (C=O) groups excluding carboxylic acids is 1. The van der Waals surface area contributed by atoms with Crippen molar-refractivity contribution < 1.29 is 4.79 Å². The first-order chi connectivity index (χ1) is 4.74. The lowest BCUT2D eigenvalue weighted by Crippen LogP contribution is -2.31. The molecule has 0 aliphatic heterocycles. The van der Waals surface area contributed by atoms with Gasteiger partial charge in [-0.2, -0.15) is 0 Å². The lowest BCUT2D eigenvalue weighted by Gasteiger charge is -1.99. The Kier molecular flexibility index (Phi) is 2.27. The van der Waals surface area contributed by atoms with Crippen LogP contribution in [0.15, 0.2) is 0 Å². The number of carbonyl (C=O) groups is 1. The van der Waals surface area contributed by atoms with Gasteiger partial charge in [-0.25, -0.2) is 0 Å². The van der Waals surface area contributed by atoms with Gasteiger partial charge in [0.25, 0.3) is 0 Å². The summed E-state index contributed by atoms with van der Waals surface area (Å²) in [5.74, 6) is 1.48. The van der Waals surface area contributed by atoms with Crippen LogP contribution in [0.5, 0.6) is 0 Å². The van der Waals surface area contributed by atoms with Crippen LogP contribution in [0.2, 0.25) is 0 Å². The summed E-state index contributed by atoms with van der Waals surface area (Å²) in [7, 11) is 0. The summed E-state index contributed by atoms with van der Waals surface area (Å²) < 4.78 is 0. The average molecular weight is 142 g/mol. The van der Waals surface area contributed by atoms with E-state index in [9.17, 15) is 4.79 Å². The molecular formula is C7H14N2O. The van der Waals surface area contributed by atoms with E-state index >= 15 is 0 Å². The molecule has 0 spiro atoms. The van der Waals surface area contributed by atoms with Crippen LogP contribution < -0.4 is 11.1 Å². The molecular weight excluding hydrogens is 128 g/mol. The molecule has 3 heteroatoms. The van der Waals surface area contributed by atoms with E-state index in [0.29, 0.717) is 0 Å². The zero-order valence-electron chi connectivity index (χ0n) is 6.26. The number of hydrogen-bond acceptors (Lipinski definition) is 2. The number of nitrogens with one attached hydrogen (secondary N) is 1. The van der Waals surface area contributed by atoms with E-state index in [2.05, 4.69) is 12.2 Å². The van der Waals surface area contributed by atoms with Crippen molar-refractivity contribution in [1.29, 1.82) is 0 Å². The highest BCUT2D eigenvalue weighted by Gasteiger charge is 2.32. The highest BCUT2D eigenvalue weighted by atomic mass is 16.1. The molecule has 1 aliphatic carbocycles. The van der Waals surface area contributed by atoms with Gasteiger partial charge in [-0.3, -0.25) is 4.79 Å². The maximum Gasteiger partial charge on any atom is 0.233 e. The summed E-state index contributed by atoms with van der Waals surface area (Å²) in [6.07, 6.45) is 1.25. The molecule has 0 bridgehead atoms. The van der Waals surface area contributed by atoms with Crippen LogP contribution in [-0.2, 0) is 4.79 Å². The summed E-state index contributed by atoms with van der Waals surface area (Å²) >= 11 is 0. The molecule has 2 unspecified atom stereocenters. The Hall–Kier alpha value is -0.570. The van der Waals surface area contributed by atoms with Gasteiger partial charge in [-0.1, -0.05) is 6.92 Å². The van der Waals surface area contributed by atoms with Crippen LogP contribution in [-0.4, -0.2) is 19.0 Å². The van der Waals surface area contributed by atoms with Gasteiger partial charge in [-0.15, -0.1) is 0 Å². The molecule has 1 rings (SSSR count). The van der Waals surface area contributed by atoms with Gasteiger partial charge in [-0.05, 0) is 18.3 Å². The van der Waals surface area contributed by atoms with Gasteiger partial charge in [0.1, 0.15) is 0 Å². The van der Waals surface area contributed by atoms with E-state index in [1.54, 1.807) is 0 Å². The lowest BCUT2D eigenvalue weighted by atomic mass is 10.3. The molecule has 2 atom stereocenters. The molecule has 3 nitrogen and oxygen atoms in total. The van der Waals surface area contributed by atoms with Crippen LogP contribution in [0, 0.1) is 11.8 Å². The maximum atomic E-state index is 10.6. The third-order valence-corrected chi connectivity index (χ3v) is 2.02. The van der Waals surface area contributed by atoms with Gasteiger partial charge in [0.05, 0.1) is 6.54 Å². The second-order valence-corrected chi connectivity index (χ2v) is 2.98. The fourth-order valence-electron chi connectivity index (χ4n) is 1.00. The van der Waals surface area contributed by atoms with E-state index in [1.165, 1.54) is 6.42 Å². The first-order valence-electron chi connectivity index (χ1n) is 3.70. The van der Waals surface area contributed by atoms with E-state index in [0.717, 1.165) is 18.4 Å². The molecule has 0 aromatic carbocycles. The van der Waals surface area contributed by atoms with E-state index in [4.69, 9.17) is 5.73 Å². The van der Waals surface area contributed by atoms with Crippen molar-refractivity contribution in [2.24, 2.45) is 17.6 Å². The van der Waals surface area contributed by atoms with Crippen LogP contribution in [0.25, 0.3) is 0 Å². The normalized spacial score (nSPS) is 29.8. The van der Waals surface area contributed by atoms with E-state index in [-0.39, 0.29) is 12.5 Å². The number of amides is 1. The number of nitrogens with two attached hydrogens (primary N) is 1. The van der Waals surface area contributed by atoms with Gasteiger partial charge in [0, 0.05) is 6.54 Å². The van der Waals surface area contributed by atoms with E-state index in [1.807, 2.05) is 0 Å². The number of hydrogen-bond donors (Lipinski definition) is 2. The minimum atomic E-state index is -0.0425. The summed E-state index contributed by atoms with van der Waals surface area (Å²) in [5, 5.41) is 2.76. The van der Waals surface area contributed by atoms with Crippen LogP contribution in [0.4, 0.5) is 0 Å². The average Bonchev–Trinajstić information content (AvgIpc) is 2.61. The molecule has 1 aliphatic rings. The molecule has 1 fully saturated rings. The molecule has 1 saturated carbocycles. The minimum absolute atomic E-state index is 0.0425. The highest BCUT2D eigenvalue weighted by molar-refractivity contribution is 5.77. The SMILES string of the molecule is CC1CC1CNC(=O)CN. The van der Waals surface area contributed by atoms with Crippen LogP contribution in [0.1, 0.15) is 13.3 Å². The van der Waals surface area contributed by atoms with Gasteiger partial charge in [0.15, 0.2) is 0 Å². The smallest absolute Gasteiger partial charge is 0.233 e. The van der Waals surface area contributed by atoms with Gasteiger partial charge >= 0.3 is 0 Å². The zero-order chi connectivity index (χ0) is 7.56. The minimum Gasteiger partial charge on any atom is -0.355 e. The molecule has 1 amide bonds. The van der Waals surface area contributed by atoms with Crippen molar-refractivity contribution in [2.45, 2.75) is 13.3 Å². The monoisotopic (exact) mass is 142 g/mol. The summed E-state index contributed by atoms with van der Waals surface area (Å²) in [5.41, 5.74) is 5.10. The Bertz CT molecular complexity index is 136. The Morgan fingerprint density at radius 3 is 2.80 bits per heavy atom. The highest BCUT2D eigenvalue weighted by Crippen LogP contribution is 2.36. The molecule has 58 valence electrons. The third-order valence-electron chi connectivity index (χ3n) is 2.02. The molecule has 0 aromatic heterocycles. The molecule has 0 saturated heterocycles. The quantitative estimate of drug-likeness (QED) is 0.569. The topological polar surface area (TPSA) is 55.1 Å². The zero-order valence-corrected chi connectivity index (χ0v) is 6.26. The summed E-state index contributed by atoms with van der Waals surface area (Å²) in [6.45, 7) is 3.12. The van der Waals surface area contributed by atoms with Crippen molar-refractivity contribution in [3.63, 3.8) is 0 Å². The fraction of sp³-hybridized carbons (Fsp3) is 0.857. The maximum absolute atomic E-state index is 10.6. The van der Waals surface area contributed by atoms with Crippen molar-refractivity contribution in [2.75, 3.05) is 13.1 Å². The predicted molar refractivity (Wildman–Crippen MR) is 39.3 cm³/mol. The Morgan fingerprint density at radius 1 is 1.80 bits per heavy atom. The van der Waals surface area contributed by atoms with Crippen molar-refractivity contribution in [3.8, 4) is 0 Å². The van der Waals surface area contributed by atoms with Crippen molar-refractivity contribution in [3.05, 3.63) is 0 Å². The predicted octanol–water partition coefficient (Wildman–Crippen LogP) is -0.283. The van der Waals surface area contributed by atoms with Gasteiger partial charge in [0.2, 0.25) is 5.91 Å². The lowest BCUT2D eigenvalue weighted by molar-refractivity contribution is -0.119. The first kappa shape index (κ1) is 7.54. The summed E-state index contributed by atoms with van der Waals surface area (Å²) in [6, 6.07) is 0. The third kappa shape index (κ3) is 1.99. The molecule has 0 heterocycles. The van der Waals surface area contributed by atoms with Crippen LogP contribution >= 0.6 is 0 Å². The second kappa shape index (κ2) is 3.01. The summed E-state index contributed by atoms with van der Waals surface area (Å²) in [4.78, 5) is 10.6. The first-order valence-corrected chi connectivity index (χ1v) is 3.70. The van der Waals surface area contributed by atoms with Gasteiger partial charge < -0.3 is 11.1 Å². The Morgan fingerprint density at radius 2 is 2.40 bits per heavy atom. The fourth-order valence-corrected chi connectivity index (χ4v) is 1.00. The van der Waals surface area contributed by atoms with Crippen LogP contribution in [0.3, 0.4) is 0 Å². The second-order valence-electron chi connectivity index (χ2n) is 2.98. The molecule has 0 aromatic rings. The molecule has 10 heavy (non-hydrogen) atoms. The van der Waals surface area contributed by atoms with Crippen molar-refractivity contribution >= 4 is 5.91 Å². The van der Waals surface area contributed by atoms with Crippen molar-refractivity contribution in [1.82, 2.24) is 5.32 Å².